The molecule has 1 fully saturated rings. The molecule has 0 amide bonds. The van der Waals surface area contributed by atoms with Crippen LogP contribution in [-0.2, 0) is 0 Å². The zero-order valence-corrected chi connectivity index (χ0v) is 6.93. The Morgan fingerprint density at radius 1 is 1.00 bits per heavy atom. The van der Waals surface area contributed by atoms with E-state index in [1.54, 1.807) is 0 Å². The monoisotopic (exact) mass is 170 g/mol. The number of hydrogen-bond donors (Lipinski definition) is 2. The fraction of sp³-hybridized carbons (Fsp3) is 0.750. The van der Waals surface area contributed by atoms with Gasteiger partial charge in [-0.25, -0.2) is 0 Å². The maximum absolute atomic E-state index is 9.01. The van der Waals surface area contributed by atoms with E-state index in [1.807, 2.05) is 12.4 Å². The SMILES string of the molecule is OCC1CN2C=CN1CC2CO. The van der Waals surface area contributed by atoms with Crippen molar-refractivity contribution in [3.05, 3.63) is 12.4 Å². The van der Waals surface area contributed by atoms with Crippen molar-refractivity contribution in [3.8, 4) is 0 Å². The number of nitrogens with zero attached hydrogens (tertiary/aromatic N) is 2. The van der Waals surface area contributed by atoms with E-state index in [-0.39, 0.29) is 25.3 Å². The molecule has 3 aliphatic heterocycles. The van der Waals surface area contributed by atoms with Crippen LogP contribution in [0.1, 0.15) is 0 Å². The predicted molar refractivity (Wildman–Crippen MR) is 44.3 cm³/mol. The van der Waals surface area contributed by atoms with E-state index in [0.717, 1.165) is 13.1 Å². The van der Waals surface area contributed by atoms with Gasteiger partial charge in [-0.15, -0.1) is 0 Å². The van der Waals surface area contributed by atoms with Gasteiger partial charge < -0.3 is 20.0 Å². The van der Waals surface area contributed by atoms with Crippen molar-refractivity contribution < 1.29 is 10.2 Å². The molecule has 4 nitrogen and oxygen atoms in total. The molecule has 68 valence electrons. The van der Waals surface area contributed by atoms with Crippen LogP contribution in [0, 0.1) is 0 Å². The van der Waals surface area contributed by atoms with Crippen LogP contribution in [0.3, 0.4) is 0 Å². The van der Waals surface area contributed by atoms with Crippen LogP contribution in [0.4, 0.5) is 0 Å². The Labute approximate surface area is 71.7 Å². The summed E-state index contributed by atoms with van der Waals surface area (Å²) in [5, 5.41) is 18.0. The first kappa shape index (κ1) is 7.89. The zero-order chi connectivity index (χ0) is 8.55. The molecule has 2 atom stereocenters. The van der Waals surface area contributed by atoms with E-state index in [4.69, 9.17) is 10.2 Å². The molecule has 0 aliphatic carbocycles. The average Bonchev–Trinajstić information content (AvgIpc) is 2.18. The van der Waals surface area contributed by atoms with Gasteiger partial charge in [0, 0.05) is 25.5 Å². The number of aliphatic hydroxyl groups is 2. The molecule has 0 aromatic carbocycles. The normalized spacial score (nSPS) is 33.2. The summed E-state index contributed by atoms with van der Waals surface area (Å²) < 4.78 is 0. The molecule has 0 saturated carbocycles. The van der Waals surface area contributed by atoms with Crippen molar-refractivity contribution in [1.82, 2.24) is 9.80 Å². The molecule has 0 radical (unpaired) electrons. The minimum absolute atomic E-state index is 0.193. The molecule has 1 saturated heterocycles. The Hall–Kier alpha value is -0.740. The van der Waals surface area contributed by atoms with Gasteiger partial charge in [0.05, 0.1) is 25.3 Å². The highest BCUT2D eigenvalue weighted by molar-refractivity contribution is 5.04. The molecule has 3 aliphatic rings. The van der Waals surface area contributed by atoms with Gasteiger partial charge in [0.2, 0.25) is 0 Å². The second-order valence-corrected chi connectivity index (χ2v) is 3.36. The summed E-state index contributed by atoms with van der Waals surface area (Å²) in [5.41, 5.74) is 0. The van der Waals surface area contributed by atoms with E-state index in [0.29, 0.717) is 0 Å². The summed E-state index contributed by atoms with van der Waals surface area (Å²) in [5.74, 6) is 0. The third-order valence-corrected chi connectivity index (χ3v) is 2.65. The third kappa shape index (κ3) is 1.07. The summed E-state index contributed by atoms with van der Waals surface area (Å²) in [7, 11) is 0. The van der Waals surface area contributed by atoms with Crippen LogP contribution in [0.15, 0.2) is 12.4 Å². The van der Waals surface area contributed by atoms with E-state index in [2.05, 4.69) is 9.80 Å². The van der Waals surface area contributed by atoms with Crippen LogP contribution in [-0.4, -0.2) is 58.4 Å². The van der Waals surface area contributed by atoms with Crippen molar-refractivity contribution in [3.63, 3.8) is 0 Å². The van der Waals surface area contributed by atoms with Crippen LogP contribution < -0.4 is 0 Å². The van der Waals surface area contributed by atoms with Gasteiger partial charge in [0.1, 0.15) is 0 Å². The molecule has 2 bridgehead atoms. The van der Waals surface area contributed by atoms with E-state index >= 15 is 0 Å². The van der Waals surface area contributed by atoms with Crippen LogP contribution in [0.5, 0.6) is 0 Å². The largest absolute Gasteiger partial charge is 0.394 e. The lowest BCUT2D eigenvalue weighted by Crippen LogP contribution is -2.60. The summed E-state index contributed by atoms with van der Waals surface area (Å²) >= 11 is 0. The molecule has 2 unspecified atom stereocenters. The Kier molecular flexibility index (Phi) is 1.94. The fourth-order valence-electron chi connectivity index (χ4n) is 1.86. The predicted octanol–water partition coefficient (Wildman–Crippen LogP) is -1.19. The lowest BCUT2D eigenvalue weighted by molar-refractivity contribution is 0.0142. The molecular weight excluding hydrogens is 156 g/mol. The van der Waals surface area contributed by atoms with Gasteiger partial charge in [-0.3, -0.25) is 0 Å². The van der Waals surface area contributed by atoms with Crippen LogP contribution in [0.25, 0.3) is 0 Å². The number of fused-ring (bicyclic) bond motifs is 2. The molecule has 2 N–H and O–H groups in total. The van der Waals surface area contributed by atoms with Crippen molar-refractivity contribution in [2.24, 2.45) is 0 Å². The molecule has 3 rings (SSSR count). The Balaban J connectivity index is 2.09. The number of hydrogen-bond acceptors (Lipinski definition) is 4. The summed E-state index contributed by atoms with van der Waals surface area (Å²) in [6, 6.07) is 0.440. The lowest BCUT2D eigenvalue weighted by atomic mass is 10.1. The zero-order valence-electron chi connectivity index (χ0n) is 6.93. The Bertz CT molecular complexity index is 175. The van der Waals surface area contributed by atoms with E-state index in [9.17, 15) is 0 Å². The molecule has 0 aromatic rings. The minimum atomic E-state index is 0.193. The minimum Gasteiger partial charge on any atom is -0.394 e. The highest BCUT2D eigenvalue weighted by Gasteiger charge is 2.32. The summed E-state index contributed by atoms with van der Waals surface area (Å²) in [6.45, 7) is 2.05. The van der Waals surface area contributed by atoms with Gasteiger partial charge in [-0.1, -0.05) is 0 Å². The maximum atomic E-state index is 9.01. The van der Waals surface area contributed by atoms with Crippen molar-refractivity contribution in [1.29, 1.82) is 0 Å². The number of piperazine rings is 1. The fourth-order valence-corrected chi connectivity index (χ4v) is 1.86. The first-order valence-electron chi connectivity index (χ1n) is 4.26. The van der Waals surface area contributed by atoms with Crippen molar-refractivity contribution >= 4 is 0 Å². The third-order valence-electron chi connectivity index (χ3n) is 2.65. The molecule has 4 heteroatoms. The van der Waals surface area contributed by atoms with Gasteiger partial charge in [-0.05, 0) is 0 Å². The van der Waals surface area contributed by atoms with Gasteiger partial charge in [-0.2, -0.15) is 0 Å². The second-order valence-electron chi connectivity index (χ2n) is 3.36. The smallest absolute Gasteiger partial charge is 0.0691 e. The first-order chi connectivity index (χ1) is 5.85. The molecule has 0 spiro atoms. The molecule has 12 heavy (non-hydrogen) atoms. The maximum Gasteiger partial charge on any atom is 0.0691 e. The lowest BCUT2D eigenvalue weighted by Gasteiger charge is -2.48. The van der Waals surface area contributed by atoms with Crippen molar-refractivity contribution in [2.45, 2.75) is 12.1 Å². The number of rotatable bonds is 2. The summed E-state index contributed by atoms with van der Waals surface area (Å²) in [6.07, 6.45) is 3.97. The molecular formula is C8H14N2O2. The molecule has 3 heterocycles. The van der Waals surface area contributed by atoms with Gasteiger partial charge >= 0.3 is 0 Å². The molecule has 0 aromatic heterocycles. The highest BCUT2D eigenvalue weighted by Crippen LogP contribution is 2.20. The van der Waals surface area contributed by atoms with Crippen LogP contribution >= 0.6 is 0 Å². The first-order valence-corrected chi connectivity index (χ1v) is 4.26. The van der Waals surface area contributed by atoms with E-state index in [1.165, 1.54) is 0 Å². The second kappa shape index (κ2) is 2.95. The highest BCUT2D eigenvalue weighted by atomic mass is 16.3. The van der Waals surface area contributed by atoms with Crippen LogP contribution in [0.2, 0.25) is 0 Å². The standard InChI is InChI=1S/C8H14N2O2/c11-5-7-4-10-2-1-9(7)3-8(10)6-12/h1-2,7-8,11-12H,3-6H2. The van der Waals surface area contributed by atoms with Gasteiger partial charge in [0.25, 0.3) is 0 Å². The Morgan fingerprint density at radius 3 is 1.67 bits per heavy atom. The summed E-state index contributed by atoms with van der Waals surface area (Å²) in [4.78, 5) is 4.20. The number of aliphatic hydroxyl groups excluding tert-OH is 2. The van der Waals surface area contributed by atoms with Crippen molar-refractivity contribution in [2.75, 3.05) is 26.3 Å². The quantitative estimate of drug-likeness (QED) is 0.547. The topological polar surface area (TPSA) is 46.9 Å². The van der Waals surface area contributed by atoms with E-state index < -0.39 is 0 Å². The Morgan fingerprint density at radius 2 is 1.42 bits per heavy atom. The van der Waals surface area contributed by atoms with Gasteiger partial charge in [0.15, 0.2) is 0 Å². The average molecular weight is 170 g/mol.